The van der Waals surface area contributed by atoms with E-state index in [9.17, 15) is 9.90 Å². The molecule has 0 atom stereocenters. The third-order valence-corrected chi connectivity index (χ3v) is 5.60. The van der Waals surface area contributed by atoms with Crippen molar-refractivity contribution in [2.45, 2.75) is 25.2 Å². The molecule has 146 valence electrons. The van der Waals surface area contributed by atoms with Gasteiger partial charge in [0.05, 0.1) is 11.0 Å². The molecule has 0 saturated carbocycles. The minimum absolute atomic E-state index is 0.00206. The van der Waals surface area contributed by atoms with Crippen molar-refractivity contribution in [2.75, 3.05) is 19.6 Å². The number of piperidine rings is 1. The van der Waals surface area contributed by atoms with Crippen molar-refractivity contribution in [3.63, 3.8) is 0 Å². The zero-order valence-electron chi connectivity index (χ0n) is 16.1. The number of phenolic OH excluding ortho intramolecular Hbond substituents is 1. The number of hydrogen-bond acceptors (Lipinski definition) is 3. The van der Waals surface area contributed by atoms with Gasteiger partial charge in [-0.3, -0.25) is 0 Å². The van der Waals surface area contributed by atoms with Crippen LogP contribution in [0, 0.1) is 0 Å². The van der Waals surface area contributed by atoms with Gasteiger partial charge in [0.25, 0.3) is 0 Å². The van der Waals surface area contributed by atoms with Crippen molar-refractivity contribution >= 4 is 17.1 Å². The number of urea groups is 1. The number of carbonyl (C=O) groups excluding carboxylic acids is 1. The number of hydrogen-bond donors (Lipinski definition) is 2. The van der Waals surface area contributed by atoms with E-state index in [4.69, 9.17) is 4.98 Å². The topological polar surface area (TPSA) is 70.4 Å². The van der Waals surface area contributed by atoms with Crippen molar-refractivity contribution in [1.82, 2.24) is 19.8 Å². The van der Waals surface area contributed by atoms with Gasteiger partial charge in [-0.2, -0.15) is 0 Å². The molecule has 3 aromatic rings. The van der Waals surface area contributed by atoms with Gasteiger partial charge >= 0.3 is 6.03 Å². The Balaban J connectivity index is 1.29. The number of para-hydroxylation sites is 2. The number of fused-ring (bicyclic) bond motifs is 1. The van der Waals surface area contributed by atoms with Gasteiger partial charge in [-0.1, -0.05) is 24.3 Å². The maximum atomic E-state index is 12.4. The van der Waals surface area contributed by atoms with E-state index >= 15 is 0 Å². The quantitative estimate of drug-likeness (QED) is 0.731. The Bertz CT molecular complexity index is 956. The molecule has 0 spiro atoms. The number of aromatic hydroxyl groups is 1. The van der Waals surface area contributed by atoms with E-state index in [1.54, 1.807) is 12.1 Å². The number of phenols is 1. The molecule has 1 aliphatic heterocycles. The van der Waals surface area contributed by atoms with Gasteiger partial charge in [0.2, 0.25) is 0 Å². The molecule has 0 radical (unpaired) electrons. The van der Waals surface area contributed by atoms with Gasteiger partial charge in [-0.15, -0.1) is 0 Å². The molecule has 1 fully saturated rings. The summed E-state index contributed by atoms with van der Waals surface area (Å²) in [7, 11) is 2.08. The van der Waals surface area contributed by atoms with Crippen LogP contribution >= 0.6 is 0 Å². The molecular weight excluding hydrogens is 352 g/mol. The average Bonchev–Trinajstić information content (AvgIpc) is 3.06. The summed E-state index contributed by atoms with van der Waals surface area (Å²) in [6.07, 6.45) is 2.62. The van der Waals surface area contributed by atoms with Crippen molar-refractivity contribution in [3.05, 3.63) is 59.9 Å². The Morgan fingerprint density at radius 1 is 1.14 bits per heavy atom. The standard InChI is InChI=1S/C22H26N4O2/c1-25-20-5-3-2-4-19(20)24-21(25)17-11-14-26(15-12-17)22(28)23-13-10-16-6-8-18(27)9-7-16/h2-9,17,27H,10-15H2,1H3,(H,23,28). The van der Waals surface area contributed by atoms with E-state index in [1.165, 1.54) is 0 Å². The number of benzene rings is 2. The Hall–Kier alpha value is -3.02. The second-order valence-electron chi connectivity index (χ2n) is 7.43. The molecule has 6 heteroatoms. The van der Waals surface area contributed by atoms with Crippen LogP contribution in [0.3, 0.4) is 0 Å². The van der Waals surface area contributed by atoms with Crippen molar-refractivity contribution < 1.29 is 9.90 Å². The largest absolute Gasteiger partial charge is 0.508 e. The number of nitrogens with zero attached hydrogens (tertiary/aromatic N) is 3. The molecule has 28 heavy (non-hydrogen) atoms. The number of amides is 2. The lowest BCUT2D eigenvalue weighted by molar-refractivity contribution is 0.180. The van der Waals surface area contributed by atoms with Crippen LogP contribution in [-0.4, -0.2) is 45.2 Å². The number of carbonyl (C=O) groups is 1. The monoisotopic (exact) mass is 378 g/mol. The lowest BCUT2D eigenvalue weighted by atomic mass is 9.96. The fraction of sp³-hybridized carbons (Fsp3) is 0.364. The fourth-order valence-corrected chi connectivity index (χ4v) is 3.96. The fourth-order valence-electron chi connectivity index (χ4n) is 3.96. The summed E-state index contributed by atoms with van der Waals surface area (Å²) in [6, 6.07) is 15.3. The van der Waals surface area contributed by atoms with Crippen molar-refractivity contribution in [3.8, 4) is 5.75 Å². The van der Waals surface area contributed by atoms with Crippen LogP contribution in [0.2, 0.25) is 0 Å². The molecule has 2 heterocycles. The van der Waals surface area contributed by atoms with Gasteiger partial charge in [-0.05, 0) is 49.1 Å². The van der Waals surface area contributed by atoms with E-state index in [-0.39, 0.29) is 11.8 Å². The first-order chi connectivity index (χ1) is 13.6. The van der Waals surface area contributed by atoms with Crippen LogP contribution in [0.5, 0.6) is 5.75 Å². The molecular formula is C22H26N4O2. The second kappa shape index (κ2) is 7.92. The summed E-state index contributed by atoms with van der Waals surface area (Å²) >= 11 is 0. The highest BCUT2D eigenvalue weighted by molar-refractivity contribution is 5.76. The van der Waals surface area contributed by atoms with Crippen molar-refractivity contribution in [2.24, 2.45) is 7.05 Å². The average molecular weight is 378 g/mol. The molecule has 2 amide bonds. The van der Waals surface area contributed by atoms with E-state index in [0.29, 0.717) is 12.5 Å². The molecule has 6 nitrogen and oxygen atoms in total. The Kier molecular flexibility index (Phi) is 5.19. The number of aromatic nitrogens is 2. The van der Waals surface area contributed by atoms with E-state index < -0.39 is 0 Å². The van der Waals surface area contributed by atoms with Gasteiger partial charge < -0.3 is 19.9 Å². The molecule has 1 aliphatic rings. The molecule has 4 rings (SSSR count). The minimum atomic E-state index is 0.00206. The summed E-state index contributed by atoms with van der Waals surface area (Å²) in [5.41, 5.74) is 3.29. The van der Waals surface area contributed by atoms with Crippen LogP contribution < -0.4 is 5.32 Å². The maximum absolute atomic E-state index is 12.4. The zero-order valence-corrected chi connectivity index (χ0v) is 16.1. The first kappa shape index (κ1) is 18.3. The highest BCUT2D eigenvalue weighted by Gasteiger charge is 2.26. The number of nitrogens with one attached hydrogen (secondary N) is 1. The summed E-state index contributed by atoms with van der Waals surface area (Å²) < 4.78 is 2.19. The highest BCUT2D eigenvalue weighted by Crippen LogP contribution is 2.29. The molecule has 0 aliphatic carbocycles. The minimum Gasteiger partial charge on any atom is -0.508 e. The second-order valence-corrected chi connectivity index (χ2v) is 7.43. The SMILES string of the molecule is Cn1c(C2CCN(C(=O)NCCc3ccc(O)cc3)CC2)nc2ccccc21. The van der Waals surface area contributed by atoms with Crippen LogP contribution in [-0.2, 0) is 13.5 Å². The summed E-state index contributed by atoms with van der Waals surface area (Å²) in [5, 5.41) is 12.3. The third-order valence-electron chi connectivity index (χ3n) is 5.60. The van der Waals surface area contributed by atoms with Gasteiger partial charge in [0.1, 0.15) is 11.6 Å². The molecule has 0 bridgehead atoms. The lowest BCUT2D eigenvalue weighted by Gasteiger charge is -2.31. The Morgan fingerprint density at radius 2 is 1.86 bits per heavy atom. The van der Waals surface area contributed by atoms with Gasteiger partial charge in [0.15, 0.2) is 0 Å². The first-order valence-electron chi connectivity index (χ1n) is 9.84. The molecule has 1 saturated heterocycles. The zero-order chi connectivity index (χ0) is 19.5. The predicted molar refractivity (Wildman–Crippen MR) is 109 cm³/mol. The van der Waals surface area contributed by atoms with Gasteiger partial charge in [0, 0.05) is 32.6 Å². The van der Waals surface area contributed by atoms with E-state index in [0.717, 1.165) is 54.8 Å². The van der Waals surface area contributed by atoms with Crippen molar-refractivity contribution in [1.29, 1.82) is 0 Å². The van der Waals surface area contributed by atoms with Gasteiger partial charge in [-0.25, -0.2) is 9.78 Å². The molecule has 0 unspecified atom stereocenters. The third kappa shape index (κ3) is 3.81. The number of rotatable bonds is 4. The number of likely N-dealkylation sites (tertiary alicyclic amines) is 1. The molecule has 1 aromatic heterocycles. The molecule has 2 N–H and O–H groups in total. The van der Waals surface area contributed by atoms with E-state index in [1.807, 2.05) is 29.2 Å². The normalized spacial score (nSPS) is 15.1. The Morgan fingerprint density at radius 3 is 2.57 bits per heavy atom. The van der Waals surface area contributed by atoms with Crippen LogP contribution in [0.1, 0.15) is 30.1 Å². The van der Waals surface area contributed by atoms with Crippen LogP contribution in [0.4, 0.5) is 4.79 Å². The van der Waals surface area contributed by atoms with Crippen LogP contribution in [0.25, 0.3) is 11.0 Å². The highest BCUT2D eigenvalue weighted by atomic mass is 16.3. The van der Waals surface area contributed by atoms with E-state index in [2.05, 4.69) is 29.1 Å². The lowest BCUT2D eigenvalue weighted by Crippen LogP contribution is -2.44. The maximum Gasteiger partial charge on any atom is 0.317 e. The first-order valence-corrected chi connectivity index (χ1v) is 9.84. The smallest absolute Gasteiger partial charge is 0.317 e. The predicted octanol–water partition coefficient (Wildman–Crippen LogP) is 3.41. The van der Waals surface area contributed by atoms with Crippen LogP contribution in [0.15, 0.2) is 48.5 Å². The molecule has 2 aromatic carbocycles. The Labute approximate surface area is 164 Å². The summed E-state index contributed by atoms with van der Waals surface area (Å²) in [4.78, 5) is 19.2. The number of imidazole rings is 1. The number of aryl methyl sites for hydroxylation is 1. The summed E-state index contributed by atoms with van der Waals surface area (Å²) in [5.74, 6) is 1.77. The summed E-state index contributed by atoms with van der Waals surface area (Å²) in [6.45, 7) is 2.09.